The number of piperidine rings is 1. The van der Waals surface area contributed by atoms with Gasteiger partial charge in [-0.3, -0.25) is 10.1 Å². The Bertz CT molecular complexity index is 231. The molecule has 1 saturated heterocycles. The third kappa shape index (κ3) is 0.924. The van der Waals surface area contributed by atoms with Crippen LogP contribution in [-0.4, -0.2) is 29.1 Å². The van der Waals surface area contributed by atoms with Crippen LogP contribution in [0, 0.1) is 5.92 Å². The maximum atomic E-state index is 12.8. The predicted octanol–water partition coefficient (Wildman–Crippen LogP) is 0.457. The number of aliphatic carboxylic acids is 1. The summed E-state index contributed by atoms with van der Waals surface area (Å²) in [6, 6.07) is -1.67. The van der Waals surface area contributed by atoms with Gasteiger partial charge in [0.05, 0.1) is 6.04 Å². The van der Waals surface area contributed by atoms with Crippen LogP contribution in [0.15, 0.2) is 0 Å². The smallest absolute Gasteiger partial charge is 0.320 e. The molecular formula is C7H9F2NO2. The topological polar surface area (TPSA) is 49.3 Å². The second-order valence-corrected chi connectivity index (χ2v) is 3.50. The zero-order valence-corrected chi connectivity index (χ0v) is 6.26. The Hall–Kier alpha value is -0.710. The van der Waals surface area contributed by atoms with Gasteiger partial charge >= 0.3 is 5.97 Å². The van der Waals surface area contributed by atoms with Crippen molar-refractivity contribution in [3.63, 3.8) is 0 Å². The van der Waals surface area contributed by atoms with Crippen molar-refractivity contribution in [2.24, 2.45) is 5.92 Å². The van der Waals surface area contributed by atoms with Gasteiger partial charge in [-0.15, -0.1) is 0 Å². The number of rotatable bonds is 1. The van der Waals surface area contributed by atoms with Gasteiger partial charge in [0.15, 0.2) is 0 Å². The lowest BCUT2D eigenvalue weighted by Gasteiger charge is -2.26. The Labute approximate surface area is 67.8 Å². The molecule has 3 atom stereocenters. The van der Waals surface area contributed by atoms with Gasteiger partial charge in [-0.2, -0.15) is 0 Å². The fraction of sp³-hybridized carbons (Fsp3) is 0.857. The van der Waals surface area contributed by atoms with E-state index in [1.165, 1.54) is 0 Å². The van der Waals surface area contributed by atoms with Gasteiger partial charge < -0.3 is 5.11 Å². The van der Waals surface area contributed by atoms with Gasteiger partial charge in [0.2, 0.25) is 0 Å². The van der Waals surface area contributed by atoms with E-state index < -0.39 is 24.0 Å². The van der Waals surface area contributed by atoms with Crippen molar-refractivity contribution in [1.29, 1.82) is 0 Å². The highest BCUT2D eigenvalue weighted by Gasteiger charge is 2.58. The quantitative estimate of drug-likeness (QED) is 0.611. The molecule has 2 rings (SSSR count). The van der Waals surface area contributed by atoms with E-state index in [0.717, 1.165) is 0 Å². The van der Waals surface area contributed by atoms with Crippen LogP contribution in [0.4, 0.5) is 8.78 Å². The molecule has 0 spiro atoms. The zero-order chi connectivity index (χ0) is 8.93. The van der Waals surface area contributed by atoms with Gasteiger partial charge in [-0.05, 0) is 12.3 Å². The van der Waals surface area contributed by atoms with Crippen molar-refractivity contribution >= 4 is 5.97 Å². The van der Waals surface area contributed by atoms with E-state index in [2.05, 4.69) is 5.32 Å². The minimum Gasteiger partial charge on any atom is -0.480 e. The summed E-state index contributed by atoms with van der Waals surface area (Å²) >= 11 is 0. The Morgan fingerprint density at radius 1 is 1.58 bits per heavy atom. The number of fused-ring (bicyclic) bond motifs is 2. The largest absolute Gasteiger partial charge is 0.480 e. The van der Waals surface area contributed by atoms with Crippen molar-refractivity contribution in [2.75, 3.05) is 0 Å². The Kier molecular flexibility index (Phi) is 1.42. The average Bonchev–Trinajstić information content (AvgIpc) is 2.40. The summed E-state index contributed by atoms with van der Waals surface area (Å²) in [6.07, 6.45) is 0.0194. The van der Waals surface area contributed by atoms with Crippen LogP contribution in [0.3, 0.4) is 0 Å². The van der Waals surface area contributed by atoms with E-state index >= 15 is 0 Å². The Balaban J connectivity index is 2.13. The lowest BCUT2D eigenvalue weighted by molar-refractivity contribution is -0.142. The number of nitrogens with one attached hydrogen (secondary N) is 1. The molecule has 0 unspecified atom stereocenters. The van der Waals surface area contributed by atoms with E-state index in [0.29, 0.717) is 6.42 Å². The Morgan fingerprint density at radius 3 is 2.58 bits per heavy atom. The maximum absolute atomic E-state index is 12.8. The van der Waals surface area contributed by atoms with Crippen LogP contribution in [0.5, 0.6) is 0 Å². The predicted molar refractivity (Wildman–Crippen MR) is 36.0 cm³/mol. The van der Waals surface area contributed by atoms with E-state index in [4.69, 9.17) is 5.11 Å². The van der Waals surface area contributed by atoms with Gasteiger partial charge in [-0.25, -0.2) is 8.78 Å². The van der Waals surface area contributed by atoms with Crippen molar-refractivity contribution in [3.05, 3.63) is 0 Å². The molecule has 2 N–H and O–H groups in total. The molecule has 1 saturated carbocycles. The van der Waals surface area contributed by atoms with Crippen LogP contribution >= 0.6 is 0 Å². The standard InChI is InChI=1S/C7H9F2NO2/c8-7(9)2-3-1-4(7)10-5(3)6(11)12/h3-5,10H,1-2H2,(H,11,12)/t3-,4+,5+/m1/s1. The summed E-state index contributed by atoms with van der Waals surface area (Å²) in [5, 5.41) is 11.0. The molecule has 68 valence electrons. The monoisotopic (exact) mass is 177 g/mol. The van der Waals surface area contributed by atoms with Crippen molar-refractivity contribution < 1.29 is 18.7 Å². The average molecular weight is 177 g/mol. The van der Waals surface area contributed by atoms with Crippen molar-refractivity contribution in [1.82, 2.24) is 5.32 Å². The minimum atomic E-state index is -2.70. The van der Waals surface area contributed by atoms with E-state index in [-0.39, 0.29) is 12.3 Å². The molecule has 0 aromatic rings. The first-order chi connectivity index (χ1) is 5.50. The number of alkyl halides is 2. The summed E-state index contributed by atoms with van der Waals surface area (Å²) in [4.78, 5) is 10.5. The second kappa shape index (κ2) is 2.16. The number of carboxylic acid groups (broad SMARTS) is 1. The lowest BCUT2D eigenvalue weighted by Crippen LogP contribution is -2.50. The molecule has 1 aliphatic carbocycles. The van der Waals surface area contributed by atoms with Crippen molar-refractivity contribution in [2.45, 2.75) is 30.8 Å². The molecule has 2 bridgehead atoms. The molecular weight excluding hydrogens is 168 g/mol. The van der Waals surface area contributed by atoms with Crippen LogP contribution in [-0.2, 0) is 4.79 Å². The zero-order valence-electron chi connectivity index (χ0n) is 6.26. The second-order valence-electron chi connectivity index (χ2n) is 3.50. The highest BCUT2D eigenvalue weighted by atomic mass is 19.3. The third-order valence-electron chi connectivity index (χ3n) is 2.70. The minimum absolute atomic E-state index is 0.276. The molecule has 0 amide bonds. The van der Waals surface area contributed by atoms with E-state index in [1.54, 1.807) is 0 Å². The third-order valence-corrected chi connectivity index (χ3v) is 2.70. The number of hydrogen-bond donors (Lipinski definition) is 2. The van der Waals surface area contributed by atoms with Gasteiger partial charge in [0, 0.05) is 6.42 Å². The molecule has 3 nitrogen and oxygen atoms in total. The van der Waals surface area contributed by atoms with Crippen LogP contribution < -0.4 is 5.32 Å². The van der Waals surface area contributed by atoms with E-state index in [9.17, 15) is 13.6 Å². The van der Waals surface area contributed by atoms with Crippen LogP contribution in [0.2, 0.25) is 0 Å². The SMILES string of the molecule is O=C(O)[C@H]1N[C@H]2C[C@@H]1CC2(F)F. The summed E-state index contributed by atoms with van der Waals surface area (Å²) in [5.74, 6) is -4.10. The molecule has 0 radical (unpaired) electrons. The number of carbonyl (C=O) groups is 1. The van der Waals surface area contributed by atoms with Gasteiger partial charge in [0.1, 0.15) is 6.04 Å². The Morgan fingerprint density at radius 2 is 2.25 bits per heavy atom. The first kappa shape index (κ1) is 7.91. The number of halogens is 2. The molecule has 2 aliphatic rings. The van der Waals surface area contributed by atoms with E-state index in [1.807, 2.05) is 0 Å². The maximum Gasteiger partial charge on any atom is 0.320 e. The van der Waals surface area contributed by atoms with Gasteiger partial charge in [0.25, 0.3) is 5.92 Å². The first-order valence-corrected chi connectivity index (χ1v) is 3.87. The first-order valence-electron chi connectivity index (χ1n) is 3.87. The summed E-state index contributed by atoms with van der Waals surface area (Å²) in [6.45, 7) is 0. The highest BCUT2D eigenvalue weighted by molar-refractivity contribution is 5.74. The van der Waals surface area contributed by atoms with Gasteiger partial charge in [-0.1, -0.05) is 0 Å². The molecule has 5 heteroatoms. The summed E-state index contributed by atoms with van der Waals surface area (Å²) in [7, 11) is 0. The summed E-state index contributed by atoms with van der Waals surface area (Å²) in [5.41, 5.74) is 0. The highest BCUT2D eigenvalue weighted by Crippen LogP contribution is 2.45. The normalized spacial score (nSPS) is 43.3. The molecule has 12 heavy (non-hydrogen) atoms. The molecule has 2 fully saturated rings. The molecule has 1 aliphatic heterocycles. The molecule has 0 aromatic carbocycles. The number of carboxylic acids is 1. The fourth-order valence-electron chi connectivity index (χ4n) is 2.12. The van der Waals surface area contributed by atoms with Crippen LogP contribution in [0.25, 0.3) is 0 Å². The number of hydrogen-bond acceptors (Lipinski definition) is 2. The summed E-state index contributed by atoms with van der Waals surface area (Å²) < 4.78 is 25.6. The molecule has 0 aromatic heterocycles. The van der Waals surface area contributed by atoms with Crippen molar-refractivity contribution in [3.8, 4) is 0 Å². The fourth-order valence-corrected chi connectivity index (χ4v) is 2.12. The lowest BCUT2D eigenvalue weighted by atomic mass is 9.99. The van der Waals surface area contributed by atoms with Crippen LogP contribution in [0.1, 0.15) is 12.8 Å². The molecule has 1 heterocycles.